The summed E-state index contributed by atoms with van der Waals surface area (Å²) < 4.78 is 1.22. The predicted molar refractivity (Wildman–Crippen MR) is 91.1 cm³/mol. The Morgan fingerprint density at radius 1 is 1.17 bits per heavy atom. The first-order valence-electron chi connectivity index (χ1n) is 7.44. The van der Waals surface area contributed by atoms with Crippen molar-refractivity contribution >= 4 is 16.8 Å². The molecule has 0 aliphatic carbocycles. The van der Waals surface area contributed by atoms with Gasteiger partial charge in [-0.3, -0.25) is 14.2 Å². The summed E-state index contributed by atoms with van der Waals surface area (Å²) in [6.07, 6.45) is 0. The number of benzene rings is 2. The van der Waals surface area contributed by atoms with E-state index >= 15 is 0 Å². The second-order valence-electron chi connectivity index (χ2n) is 6.07. The molecule has 1 amide bonds. The zero-order valence-electron chi connectivity index (χ0n) is 13.4. The smallest absolute Gasteiger partial charge is 0.298 e. The van der Waals surface area contributed by atoms with E-state index in [0.717, 1.165) is 5.56 Å². The van der Waals surface area contributed by atoms with Crippen LogP contribution in [0, 0.1) is 0 Å². The number of primary amides is 1. The number of hydrogen-bond acceptors (Lipinski definition) is 4. The van der Waals surface area contributed by atoms with E-state index in [9.17, 15) is 14.7 Å². The molecule has 1 heterocycles. The predicted octanol–water partition coefficient (Wildman–Crippen LogP) is 1.98. The molecule has 0 bridgehead atoms. The van der Waals surface area contributed by atoms with Gasteiger partial charge in [0.15, 0.2) is 0 Å². The van der Waals surface area contributed by atoms with Gasteiger partial charge >= 0.3 is 0 Å². The molecule has 0 aliphatic heterocycles. The van der Waals surface area contributed by atoms with Crippen molar-refractivity contribution in [3.8, 4) is 6.01 Å². The molecule has 122 valence electrons. The molecule has 6 heteroatoms. The van der Waals surface area contributed by atoms with Crippen LogP contribution in [0.25, 0.3) is 10.9 Å². The fourth-order valence-electron chi connectivity index (χ4n) is 2.81. The summed E-state index contributed by atoms with van der Waals surface area (Å²) >= 11 is 0. The number of hydrogen-bond donors (Lipinski definition) is 2. The third-order valence-corrected chi connectivity index (χ3v) is 4.17. The quantitative estimate of drug-likeness (QED) is 0.770. The van der Waals surface area contributed by atoms with Gasteiger partial charge in [-0.25, -0.2) is 0 Å². The zero-order valence-corrected chi connectivity index (χ0v) is 13.4. The van der Waals surface area contributed by atoms with E-state index in [2.05, 4.69) is 4.98 Å². The lowest BCUT2D eigenvalue weighted by Crippen LogP contribution is -2.37. The van der Waals surface area contributed by atoms with Gasteiger partial charge in [-0.2, -0.15) is 4.98 Å². The van der Waals surface area contributed by atoms with Crippen molar-refractivity contribution in [2.24, 2.45) is 5.73 Å². The summed E-state index contributed by atoms with van der Waals surface area (Å²) in [5, 5.41) is 10.6. The lowest BCUT2D eigenvalue weighted by atomic mass is 9.93. The number of rotatable bonds is 3. The number of nitrogens with zero attached hydrogens (tertiary/aromatic N) is 2. The third kappa shape index (κ3) is 2.42. The fourth-order valence-corrected chi connectivity index (χ4v) is 2.81. The number of nitrogens with two attached hydrogens (primary N) is 1. The van der Waals surface area contributed by atoms with Crippen molar-refractivity contribution in [1.82, 2.24) is 9.55 Å². The van der Waals surface area contributed by atoms with E-state index in [1.807, 2.05) is 44.2 Å². The van der Waals surface area contributed by atoms with E-state index in [0.29, 0.717) is 5.52 Å². The van der Waals surface area contributed by atoms with Crippen molar-refractivity contribution in [2.45, 2.75) is 19.4 Å². The van der Waals surface area contributed by atoms with Gasteiger partial charge in [-0.05, 0) is 37.6 Å². The molecule has 0 saturated carbocycles. The van der Waals surface area contributed by atoms with E-state index in [1.165, 1.54) is 22.8 Å². The van der Waals surface area contributed by atoms with Crippen molar-refractivity contribution in [1.29, 1.82) is 0 Å². The average molecular weight is 323 g/mol. The van der Waals surface area contributed by atoms with Gasteiger partial charge in [0.2, 0.25) is 5.91 Å². The topological polar surface area (TPSA) is 98.2 Å². The molecule has 0 aliphatic rings. The lowest BCUT2D eigenvalue weighted by molar-refractivity contribution is 0.100. The molecule has 0 saturated heterocycles. The maximum absolute atomic E-state index is 13.0. The highest BCUT2D eigenvalue weighted by Gasteiger charge is 2.28. The maximum Gasteiger partial charge on any atom is 0.298 e. The van der Waals surface area contributed by atoms with E-state index in [1.54, 1.807) is 0 Å². The largest absolute Gasteiger partial charge is 0.480 e. The van der Waals surface area contributed by atoms with Crippen LogP contribution in [0.15, 0.2) is 53.3 Å². The van der Waals surface area contributed by atoms with Crippen LogP contribution in [0.3, 0.4) is 0 Å². The number of aromatic nitrogens is 2. The first-order chi connectivity index (χ1) is 11.3. The molecule has 3 aromatic rings. The van der Waals surface area contributed by atoms with Gasteiger partial charge in [-0.1, -0.05) is 30.3 Å². The molecular weight excluding hydrogens is 306 g/mol. The molecule has 1 aromatic heterocycles. The Balaban J connectivity index is 2.32. The molecule has 0 fully saturated rings. The minimum atomic E-state index is -0.827. The van der Waals surface area contributed by atoms with Crippen LogP contribution >= 0.6 is 0 Å². The van der Waals surface area contributed by atoms with E-state index in [-0.39, 0.29) is 17.0 Å². The van der Waals surface area contributed by atoms with E-state index in [4.69, 9.17) is 5.73 Å². The second-order valence-corrected chi connectivity index (χ2v) is 6.07. The highest BCUT2D eigenvalue weighted by Crippen LogP contribution is 2.28. The number of carbonyl (C=O) groups excluding carboxylic acids is 1. The van der Waals surface area contributed by atoms with Crippen LogP contribution in [0.1, 0.15) is 29.8 Å². The molecule has 24 heavy (non-hydrogen) atoms. The van der Waals surface area contributed by atoms with Gasteiger partial charge in [-0.15, -0.1) is 0 Å². The lowest BCUT2D eigenvalue weighted by Gasteiger charge is -2.28. The fraction of sp³-hybridized carbons (Fsp3) is 0.167. The molecule has 3 rings (SSSR count). The normalized spacial score (nSPS) is 11.6. The highest BCUT2D eigenvalue weighted by molar-refractivity contribution is 5.96. The summed E-state index contributed by atoms with van der Waals surface area (Å²) in [7, 11) is 0. The summed E-state index contributed by atoms with van der Waals surface area (Å²) in [5.41, 5.74) is 5.39. The summed E-state index contributed by atoms with van der Waals surface area (Å²) in [6.45, 7) is 3.63. The Kier molecular flexibility index (Phi) is 3.60. The molecule has 3 N–H and O–H groups in total. The Hall–Kier alpha value is -3.15. The van der Waals surface area contributed by atoms with Crippen LogP contribution in [0.2, 0.25) is 0 Å². The number of amides is 1. The van der Waals surface area contributed by atoms with E-state index < -0.39 is 17.0 Å². The summed E-state index contributed by atoms with van der Waals surface area (Å²) in [5.74, 6) is -0.627. The van der Waals surface area contributed by atoms with Gasteiger partial charge in [0, 0.05) is 5.56 Å². The molecular formula is C18H17N3O3. The molecule has 0 unspecified atom stereocenters. The average Bonchev–Trinajstić information content (AvgIpc) is 2.55. The zero-order chi connectivity index (χ0) is 17.5. The molecule has 6 nitrogen and oxygen atoms in total. The van der Waals surface area contributed by atoms with Crippen LogP contribution in [0.5, 0.6) is 6.01 Å². The Morgan fingerprint density at radius 2 is 1.83 bits per heavy atom. The van der Waals surface area contributed by atoms with Crippen LogP contribution in [-0.2, 0) is 5.54 Å². The summed E-state index contributed by atoms with van der Waals surface area (Å²) in [4.78, 5) is 28.4. The minimum absolute atomic E-state index is 0.219. The van der Waals surface area contributed by atoms with Crippen LogP contribution in [0.4, 0.5) is 0 Å². The number of aromatic hydroxyl groups is 1. The second kappa shape index (κ2) is 5.49. The SMILES string of the molecule is CC(C)(c1ccccc1)n1c(O)nc2ccc(C(N)=O)cc2c1=O. The Labute approximate surface area is 138 Å². The first kappa shape index (κ1) is 15.7. The minimum Gasteiger partial charge on any atom is -0.480 e. The van der Waals surface area contributed by atoms with Gasteiger partial charge in [0.25, 0.3) is 11.6 Å². The molecule has 0 spiro atoms. The van der Waals surface area contributed by atoms with Crippen LogP contribution in [-0.4, -0.2) is 20.6 Å². The first-order valence-corrected chi connectivity index (χ1v) is 7.44. The number of fused-ring (bicyclic) bond motifs is 1. The monoisotopic (exact) mass is 323 g/mol. The molecule has 2 aromatic carbocycles. The van der Waals surface area contributed by atoms with Gasteiger partial charge in [0.1, 0.15) is 0 Å². The summed E-state index contributed by atoms with van der Waals surface area (Å²) in [6, 6.07) is 13.3. The Morgan fingerprint density at radius 3 is 2.46 bits per heavy atom. The van der Waals surface area contributed by atoms with Crippen molar-refractivity contribution < 1.29 is 9.90 Å². The van der Waals surface area contributed by atoms with Crippen molar-refractivity contribution in [3.63, 3.8) is 0 Å². The van der Waals surface area contributed by atoms with Crippen molar-refractivity contribution in [3.05, 3.63) is 70.0 Å². The van der Waals surface area contributed by atoms with Crippen molar-refractivity contribution in [2.75, 3.05) is 0 Å². The number of carbonyl (C=O) groups is 1. The standard InChI is InChI=1S/C18H17N3O3/c1-18(2,12-6-4-3-5-7-12)21-16(23)13-10-11(15(19)22)8-9-14(13)20-17(21)24/h3-10H,1-2H3,(H2,19,22)(H,20,24). The maximum atomic E-state index is 13.0. The van der Waals surface area contributed by atoms with Crippen LogP contribution < -0.4 is 11.3 Å². The molecule has 0 atom stereocenters. The molecule has 0 radical (unpaired) electrons. The third-order valence-electron chi connectivity index (χ3n) is 4.17. The Bertz CT molecular complexity index is 992. The highest BCUT2D eigenvalue weighted by atomic mass is 16.3. The van der Waals surface area contributed by atoms with Gasteiger partial charge < -0.3 is 10.8 Å². The van der Waals surface area contributed by atoms with Gasteiger partial charge in [0.05, 0.1) is 16.4 Å².